The molecule has 0 spiro atoms. The Hall–Kier alpha value is -2.49. The van der Waals surface area contributed by atoms with Crippen molar-refractivity contribution in [3.05, 3.63) is 53.5 Å². The van der Waals surface area contributed by atoms with Crippen molar-refractivity contribution >= 4 is 10.9 Å². The summed E-state index contributed by atoms with van der Waals surface area (Å²) in [5.41, 5.74) is 3.65. The number of nitrogens with zero attached hydrogens (tertiary/aromatic N) is 2. The van der Waals surface area contributed by atoms with Gasteiger partial charge in [0.1, 0.15) is 11.6 Å². The largest absolute Gasteiger partial charge is 0.496 e. The standard InChI is InChI=1S/C18H17FN2O/c1-4-15-14-9-10-16(22-3)11(2)17(14)21-18(20-15)12-5-7-13(19)8-6-12/h5-10H,4H2,1-3H3. The maximum Gasteiger partial charge on any atom is 0.160 e. The number of fused-ring (bicyclic) bond motifs is 1. The van der Waals surface area contributed by atoms with Crippen molar-refractivity contribution in [2.45, 2.75) is 20.3 Å². The van der Waals surface area contributed by atoms with Gasteiger partial charge >= 0.3 is 0 Å². The molecule has 0 bridgehead atoms. The first-order valence-corrected chi connectivity index (χ1v) is 7.24. The highest BCUT2D eigenvalue weighted by Crippen LogP contribution is 2.29. The maximum atomic E-state index is 13.1. The van der Waals surface area contributed by atoms with Gasteiger partial charge in [0.25, 0.3) is 0 Å². The smallest absolute Gasteiger partial charge is 0.160 e. The van der Waals surface area contributed by atoms with Gasteiger partial charge in [0.05, 0.1) is 18.3 Å². The predicted molar refractivity (Wildman–Crippen MR) is 85.6 cm³/mol. The van der Waals surface area contributed by atoms with E-state index in [-0.39, 0.29) is 5.82 Å². The quantitative estimate of drug-likeness (QED) is 0.722. The number of halogens is 1. The van der Waals surface area contributed by atoms with Gasteiger partial charge in [-0.2, -0.15) is 0 Å². The van der Waals surface area contributed by atoms with Crippen molar-refractivity contribution in [2.24, 2.45) is 0 Å². The molecule has 0 aliphatic heterocycles. The molecule has 3 aromatic rings. The zero-order chi connectivity index (χ0) is 15.7. The second-order valence-corrected chi connectivity index (χ2v) is 5.14. The Labute approximate surface area is 128 Å². The second-order valence-electron chi connectivity index (χ2n) is 5.14. The van der Waals surface area contributed by atoms with Crippen LogP contribution in [0.2, 0.25) is 0 Å². The summed E-state index contributed by atoms with van der Waals surface area (Å²) in [7, 11) is 1.65. The Morgan fingerprint density at radius 3 is 2.41 bits per heavy atom. The number of hydrogen-bond donors (Lipinski definition) is 0. The minimum Gasteiger partial charge on any atom is -0.496 e. The van der Waals surface area contributed by atoms with E-state index in [1.165, 1.54) is 12.1 Å². The zero-order valence-corrected chi connectivity index (χ0v) is 12.9. The van der Waals surface area contributed by atoms with Crippen LogP contribution in [0.1, 0.15) is 18.2 Å². The monoisotopic (exact) mass is 296 g/mol. The molecule has 1 heterocycles. The van der Waals surface area contributed by atoms with E-state index in [1.54, 1.807) is 19.2 Å². The SMILES string of the molecule is CCc1nc(-c2ccc(F)cc2)nc2c(C)c(OC)ccc12. The average molecular weight is 296 g/mol. The Morgan fingerprint density at radius 1 is 1.05 bits per heavy atom. The number of hydrogen-bond acceptors (Lipinski definition) is 3. The number of aromatic nitrogens is 2. The third-order valence-electron chi connectivity index (χ3n) is 3.81. The van der Waals surface area contributed by atoms with Crippen molar-refractivity contribution in [1.29, 1.82) is 0 Å². The molecule has 4 heteroatoms. The molecule has 0 atom stereocenters. The second kappa shape index (κ2) is 5.72. The van der Waals surface area contributed by atoms with Crippen molar-refractivity contribution < 1.29 is 9.13 Å². The Morgan fingerprint density at radius 2 is 1.77 bits per heavy atom. The normalized spacial score (nSPS) is 10.9. The molecule has 1 aromatic heterocycles. The average Bonchev–Trinajstić information content (AvgIpc) is 2.55. The van der Waals surface area contributed by atoms with Gasteiger partial charge in [0.15, 0.2) is 5.82 Å². The lowest BCUT2D eigenvalue weighted by Gasteiger charge is -2.12. The molecule has 0 amide bonds. The lowest BCUT2D eigenvalue weighted by Crippen LogP contribution is -2.00. The summed E-state index contributed by atoms with van der Waals surface area (Å²) in [4.78, 5) is 9.32. The summed E-state index contributed by atoms with van der Waals surface area (Å²) in [5.74, 6) is 1.15. The van der Waals surface area contributed by atoms with Gasteiger partial charge in [-0.05, 0) is 49.7 Å². The summed E-state index contributed by atoms with van der Waals surface area (Å²) >= 11 is 0. The lowest BCUT2D eigenvalue weighted by atomic mass is 10.1. The van der Waals surface area contributed by atoms with Crippen LogP contribution < -0.4 is 4.74 Å². The maximum absolute atomic E-state index is 13.1. The van der Waals surface area contributed by atoms with E-state index in [0.717, 1.165) is 39.9 Å². The number of methoxy groups -OCH3 is 1. The first-order chi connectivity index (χ1) is 10.6. The van der Waals surface area contributed by atoms with Crippen LogP contribution in [0.5, 0.6) is 5.75 Å². The highest BCUT2D eigenvalue weighted by atomic mass is 19.1. The van der Waals surface area contributed by atoms with E-state index in [0.29, 0.717) is 5.82 Å². The molecule has 0 fully saturated rings. The highest BCUT2D eigenvalue weighted by Gasteiger charge is 2.12. The minimum atomic E-state index is -0.266. The molecule has 0 saturated heterocycles. The van der Waals surface area contributed by atoms with Crippen molar-refractivity contribution in [3.63, 3.8) is 0 Å². The molecule has 0 aliphatic carbocycles. The van der Waals surface area contributed by atoms with Crippen LogP contribution >= 0.6 is 0 Å². The molecular formula is C18H17FN2O. The van der Waals surface area contributed by atoms with Crippen LogP contribution in [0, 0.1) is 12.7 Å². The molecule has 22 heavy (non-hydrogen) atoms. The topological polar surface area (TPSA) is 35.0 Å². The van der Waals surface area contributed by atoms with Crippen molar-refractivity contribution in [1.82, 2.24) is 9.97 Å². The van der Waals surface area contributed by atoms with Gasteiger partial charge in [0, 0.05) is 16.5 Å². The van der Waals surface area contributed by atoms with Gasteiger partial charge in [-0.3, -0.25) is 0 Å². The fourth-order valence-electron chi connectivity index (χ4n) is 2.60. The van der Waals surface area contributed by atoms with Crippen molar-refractivity contribution in [2.75, 3.05) is 7.11 Å². The van der Waals surface area contributed by atoms with Crippen molar-refractivity contribution in [3.8, 4) is 17.1 Å². The van der Waals surface area contributed by atoms with Crippen LogP contribution in [-0.2, 0) is 6.42 Å². The van der Waals surface area contributed by atoms with Gasteiger partial charge in [-0.25, -0.2) is 14.4 Å². The summed E-state index contributed by atoms with van der Waals surface area (Å²) in [6.45, 7) is 4.05. The van der Waals surface area contributed by atoms with Gasteiger partial charge in [-0.15, -0.1) is 0 Å². The lowest BCUT2D eigenvalue weighted by molar-refractivity contribution is 0.412. The van der Waals surface area contributed by atoms with Crippen LogP contribution in [0.25, 0.3) is 22.3 Å². The van der Waals surface area contributed by atoms with Crippen LogP contribution in [0.4, 0.5) is 4.39 Å². The van der Waals surface area contributed by atoms with E-state index >= 15 is 0 Å². The first kappa shape index (κ1) is 14.4. The summed E-state index contributed by atoms with van der Waals surface area (Å²) in [5, 5.41) is 1.03. The molecule has 0 saturated carbocycles. The molecule has 2 aromatic carbocycles. The number of benzene rings is 2. The molecule has 0 N–H and O–H groups in total. The summed E-state index contributed by atoms with van der Waals surface area (Å²) < 4.78 is 18.5. The number of rotatable bonds is 3. The molecule has 0 aliphatic rings. The Bertz CT molecular complexity index is 829. The number of ether oxygens (including phenoxy) is 1. The van der Waals surface area contributed by atoms with Gasteiger partial charge < -0.3 is 4.74 Å². The van der Waals surface area contributed by atoms with E-state index in [9.17, 15) is 4.39 Å². The highest BCUT2D eigenvalue weighted by molar-refractivity contribution is 5.87. The summed E-state index contributed by atoms with van der Waals surface area (Å²) in [6.07, 6.45) is 0.805. The minimum absolute atomic E-state index is 0.266. The molecular weight excluding hydrogens is 279 g/mol. The fraction of sp³-hybridized carbons (Fsp3) is 0.222. The van der Waals surface area contributed by atoms with Crippen LogP contribution in [0.15, 0.2) is 36.4 Å². The van der Waals surface area contributed by atoms with E-state index in [1.807, 2.05) is 19.1 Å². The van der Waals surface area contributed by atoms with Gasteiger partial charge in [0.2, 0.25) is 0 Å². The Kier molecular flexibility index (Phi) is 3.75. The van der Waals surface area contributed by atoms with Gasteiger partial charge in [-0.1, -0.05) is 6.92 Å². The predicted octanol–water partition coefficient (Wildman–Crippen LogP) is 4.32. The fourth-order valence-corrected chi connectivity index (χ4v) is 2.60. The number of aryl methyl sites for hydroxylation is 2. The van der Waals surface area contributed by atoms with E-state index < -0.39 is 0 Å². The Balaban J connectivity index is 2.28. The first-order valence-electron chi connectivity index (χ1n) is 7.24. The molecule has 0 unspecified atom stereocenters. The van der Waals surface area contributed by atoms with E-state index in [2.05, 4.69) is 16.9 Å². The van der Waals surface area contributed by atoms with Crippen LogP contribution in [0.3, 0.4) is 0 Å². The zero-order valence-electron chi connectivity index (χ0n) is 12.9. The third-order valence-corrected chi connectivity index (χ3v) is 3.81. The molecule has 0 radical (unpaired) electrons. The van der Waals surface area contributed by atoms with Crippen LogP contribution in [-0.4, -0.2) is 17.1 Å². The third kappa shape index (κ3) is 2.41. The molecule has 112 valence electrons. The molecule has 3 nitrogen and oxygen atoms in total. The summed E-state index contributed by atoms with van der Waals surface area (Å²) in [6, 6.07) is 10.2. The van der Waals surface area contributed by atoms with E-state index in [4.69, 9.17) is 4.74 Å². The molecule has 3 rings (SSSR count).